The van der Waals surface area contributed by atoms with Crippen LogP contribution in [0.2, 0.25) is 5.02 Å². The van der Waals surface area contributed by atoms with Crippen molar-refractivity contribution < 1.29 is 22.5 Å². The maximum Gasteiger partial charge on any atom is 0.417 e. The fourth-order valence-electron chi connectivity index (χ4n) is 3.19. The zero-order chi connectivity index (χ0) is 19.7. The number of nitrogens with one attached hydrogen (secondary N) is 1. The number of alkyl halides is 3. The third-order valence-electron chi connectivity index (χ3n) is 4.50. The monoisotopic (exact) mass is 399 g/mol. The van der Waals surface area contributed by atoms with Crippen molar-refractivity contribution in [1.29, 1.82) is 0 Å². The van der Waals surface area contributed by atoms with E-state index in [1.54, 1.807) is 6.92 Å². The fraction of sp³-hybridized carbons (Fsp3) is 0.389. The molecule has 1 saturated carbocycles. The maximum absolute atomic E-state index is 12.9. The summed E-state index contributed by atoms with van der Waals surface area (Å²) in [6.45, 7) is 1.67. The average Bonchev–Trinajstić information content (AvgIpc) is 3.23. The Morgan fingerprint density at radius 2 is 2.04 bits per heavy atom. The molecule has 0 atom stereocenters. The quantitative estimate of drug-likeness (QED) is 0.760. The summed E-state index contributed by atoms with van der Waals surface area (Å²) in [5.41, 5.74) is -1.44. The molecule has 0 aliphatic heterocycles. The number of rotatable bonds is 4. The van der Waals surface area contributed by atoms with E-state index in [1.807, 2.05) is 0 Å². The van der Waals surface area contributed by atoms with Crippen LogP contribution in [0, 0.1) is 6.92 Å². The van der Waals surface area contributed by atoms with Gasteiger partial charge in [-0.1, -0.05) is 35.7 Å². The number of aromatic nitrogens is 2. The molecule has 9 heteroatoms. The Hall–Kier alpha value is -2.35. The number of hydrogen-bond acceptors (Lipinski definition) is 4. The molecule has 1 fully saturated rings. The lowest BCUT2D eigenvalue weighted by Gasteiger charge is -2.25. The minimum Gasteiger partial charge on any atom is -0.340 e. The number of amides is 1. The van der Waals surface area contributed by atoms with Crippen molar-refractivity contribution in [2.24, 2.45) is 0 Å². The minimum absolute atomic E-state index is 0.220. The molecule has 2 aromatic rings. The van der Waals surface area contributed by atoms with Gasteiger partial charge in [-0.15, -0.1) is 0 Å². The van der Waals surface area contributed by atoms with Crippen molar-refractivity contribution in [2.45, 2.75) is 44.3 Å². The molecule has 0 spiro atoms. The van der Waals surface area contributed by atoms with E-state index in [0.29, 0.717) is 24.6 Å². The van der Waals surface area contributed by atoms with Crippen LogP contribution in [-0.4, -0.2) is 16.0 Å². The minimum atomic E-state index is -4.56. The predicted molar refractivity (Wildman–Crippen MR) is 92.8 cm³/mol. The SMILES string of the molecule is Cc1nc(C2(NC(=O)C=Cc3ccc(Cl)c(C(F)(F)F)c3)CCCC2)no1. The molecule has 144 valence electrons. The zero-order valence-electron chi connectivity index (χ0n) is 14.4. The normalized spacial score (nSPS) is 16.8. The van der Waals surface area contributed by atoms with E-state index in [0.717, 1.165) is 25.0 Å². The van der Waals surface area contributed by atoms with Crippen LogP contribution in [0.4, 0.5) is 13.2 Å². The second kappa shape index (κ2) is 7.34. The van der Waals surface area contributed by atoms with Gasteiger partial charge in [0.25, 0.3) is 0 Å². The van der Waals surface area contributed by atoms with Crippen LogP contribution in [0.25, 0.3) is 6.08 Å². The highest BCUT2D eigenvalue weighted by Gasteiger charge is 2.40. The van der Waals surface area contributed by atoms with E-state index in [2.05, 4.69) is 15.5 Å². The largest absolute Gasteiger partial charge is 0.417 e. The first-order valence-corrected chi connectivity index (χ1v) is 8.75. The summed E-state index contributed by atoms with van der Waals surface area (Å²) >= 11 is 5.60. The first-order valence-electron chi connectivity index (χ1n) is 8.37. The number of aryl methyl sites for hydroxylation is 1. The zero-order valence-corrected chi connectivity index (χ0v) is 15.2. The van der Waals surface area contributed by atoms with Crippen LogP contribution >= 0.6 is 11.6 Å². The van der Waals surface area contributed by atoms with E-state index in [-0.39, 0.29) is 10.6 Å². The van der Waals surface area contributed by atoms with Gasteiger partial charge in [0.1, 0.15) is 5.54 Å². The van der Waals surface area contributed by atoms with Crippen LogP contribution < -0.4 is 5.32 Å². The molecule has 0 unspecified atom stereocenters. The molecule has 3 rings (SSSR count). The van der Waals surface area contributed by atoms with Crippen molar-refractivity contribution in [1.82, 2.24) is 15.5 Å². The molecule has 27 heavy (non-hydrogen) atoms. The lowest BCUT2D eigenvalue weighted by atomic mass is 9.96. The summed E-state index contributed by atoms with van der Waals surface area (Å²) in [6, 6.07) is 3.47. The number of carbonyl (C=O) groups excluding carboxylic acids is 1. The molecule has 0 saturated heterocycles. The topological polar surface area (TPSA) is 68.0 Å². The second-order valence-corrected chi connectivity index (χ2v) is 6.89. The first kappa shape index (κ1) is 19.4. The molecule has 1 aromatic carbocycles. The van der Waals surface area contributed by atoms with Crippen molar-refractivity contribution in [3.05, 3.63) is 52.1 Å². The van der Waals surface area contributed by atoms with Gasteiger partial charge in [-0.2, -0.15) is 18.2 Å². The number of benzene rings is 1. The van der Waals surface area contributed by atoms with Gasteiger partial charge in [-0.25, -0.2) is 0 Å². The third kappa shape index (κ3) is 4.32. The van der Waals surface area contributed by atoms with Gasteiger partial charge in [0.15, 0.2) is 5.82 Å². The number of nitrogens with zero attached hydrogens (tertiary/aromatic N) is 2. The highest BCUT2D eigenvalue weighted by molar-refractivity contribution is 6.31. The summed E-state index contributed by atoms with van der Waals surface area (Å²) in [5.74, 6) is 0.384. The molecular formula is C18H17ClF3N3O2. The summed E-state index contributed by atoms with van der Waals surface area (Å²) in [6.07, 6.45) is 1.10. The lowest BCUT2D eigenvalue weighted by molar-refractivity contribution is -0.137. The van der Waals surface area contributed by atoms with Crippen LogP contribution in [0.3, 0.4) is 0 Å². The number of halogens is 4. The van der Waals surface area contributed by atoms with Crippen LogP contribution in [-0.2, 0) is 16.5 Å². The number of hydrogen-bond donors (Lipinski definition) is 1. The van der Waals surface area contributed by atoms with E-state index in [9.17, 15) is 18.0 Å². The molecular weight excluding hydrogens is 383 g/mol. The third-order valence-corrected chi connectivity index (χ3v) is 4.83. The predicted octanol–water partition coefficient (Wildman–Crippen LogP) is 4.65. The maximum atomic E-state index is 12.9. The molecule has 0 radical (unpaired) electrons. The Kier molecular flexibility index (Phi) is 5.28. The van der Waals surface area contributed by atoms with E-state index < -0.39 is 23.2 Å². The van der Waals surface area contributed by atoms with Crippen molar-refractivity contribution in [3.63, 3.8) is 0 Å². The Labute approximate surface area is 158 Å². The van der Waals surface area contributed by atoms with E-state index >= 15 is 0 Å². The summed E-state index contributed by atoms with van der Waals surface area (Å²) in [5, 5.41) is 6.43. The highest BCUT2D eigenvalue weighted by atomic mass is 35.5. The standard InChI is InChI=1S/C18H17ClF3N3O2/c1-11-23-16(25-27-11)17(8-2-3-9-17)24-15(26)7-5-12-4-6-14(19)13(10-12)18(20,21)22/h4-7,10H,2-3,8-9H2,1H3,(H,24,26). The number of carbonyl (C=O) groups is 1. The summed E-state index contributed by atoms with van der Waals surface area (Å²) in [4.78, 5) is 16.6. The molecule has 1 aliphatic rings. The van der Waals surface area contributed by atoms with Crippen molar-refractivity contribution >= 4 is 23.6 Å². The van der Waals surface area contributed by atoms with E-state index in [1.165, 1.54) is 18.2 Å². The van der Waals surface area contributed by atoms with Gasteiger partial charge < -0.3 is 9.84 Å². The molecule has 1 aromatic heterocycles. The van der Waals surface area contributed by atoms with E-state index in [4.69, 9.17) is 16.1 Å². The lowest BCUT2D eigenvalue weighted by Crippen LogP contribution is -2.44. The van der Waals surface area contributed by atoms with Gasteiger partial charge in [0.05, 0.1) is 10.6 Å². The smallest absolute Gasteiger partial charge is 0.340 e. The van der Waals surface area contributed by atoms with Gasteiger partial charge in [0.2, 0.25) is 11.8 Å². The molecule has 1 aliphatic carbocycles. The molecule has 0 bridgehead atoms. The molecule has 1 heterocycles. The summed E-state index contributed by atoms with van der Waals surface area (Å²) < 4.78 is 43.8. The first-order chi connectivity index (χ1) is 12.7. The Morgan fingerprint density at radius 1 is 1.33 bits per heavy atom. The molecule has 5 nitrogen and oxygen atoms in total. The molecule has 1 N–H and O–H groups in total. The van der Waals surface area contributed by atoms with Gasteiger partial charge in [-0.05, 0) is 36.6 Å². The van der Waals surface area contributed by atoms with Gasteiger partial charge in [0, 0.05) is 13.0 Å². The van der Waals surface area contributed by atoms with Crippen LogP contribution in [0.5, 0.6) is 0 Å². The highest BCUT2D eigenvalue weighted by Crippen LogP contribution is 2.37. The Morgan fingerprint density at radius 3 is 2.63 bits per heavy atom. The van der Waals surface area contributed by atoms with Crippen molar-refractivity contribution in [3.8, 4) is 0 Å². The van der Waals surface area contributed by atoms with Crippen molar-refractivity contribution in [2.75, 3.05) is 0 Å². The Balaban J connectivity index is 1.77. The average molecular weight is 400 g/mol. The van der Waals surface area contributed by atoms with Crippen LogP contribution in [0.1, 0.15) is 48.5 Å². The Bertz CT molecular complexity index is 871. The van der Waals surface area contributed by atoms with Gasteiger partial charge in [-0.3, -0.25) is 4.79 Å². The fourth-order valence-corrected chi connectivity index (χ4v) is 3.41. The second-order valence-electron chi connectivity index (χ2n) is 6.49. The molecule has 1 amide bonds. The van der Waals surface area contributed by atoms with Gasteiger partial charge >= 0.3 is 6.18 Å². The summed E-state index contributed by atoms with van der Waals surface area (Å²) in [7, 11) is 0. The van der Waals surface area contributed by atoms with Crippen LogP contribution in [0.15, 0.2) is 28.8 Å².